The molecule has 1 fully saturated rings. The third kappa shape index (κ3) is 5.20. The molecule has 9 heteroatoms. The van der Waals surface area contributed by atoms with Crippen LogP contribution in [-0.2, 0) is 11.3 Å². The first kappa shape index (κ1) is 22.7. The number of fused-ring (bicyclic) bond motifs is 1. The standard InChI is InChI=1S/C25H29N5O3S/c1-28(15-20-17-32-21-11-5-6-12-22(21)33-20)24(31)18-34-25-27-26-23(16-29-13-7-8-14-29)30(25)19-9-3-2-4-10-19/h2-6,9-12,20H,7-8,13-18H2,1H3/t20-/m0/s1. The Kier molecular flexibility index (Phi) is 7.01. The van der Waals surface area contributed by atoms with Crippen LogP contribution >= 0.6 is 11.8 Å². The highest BCUT2D eigenvalue weighted by molar-refractivity contribution is 7.99. The topological polar surface area (TPSA) is 72.7 Å². The first-order chi connectivity index (χ1) is 16.7. The van der Waals surface area contributed by atoms with Crippen molar-refractivity contribution in [3.8, 4) is 17.2 Å². The van der Waals surface area contributed by atoms with Crippen molar-refractivity contribution in [2.75, 3.05) is 39.0 Å². The van der Waals surface area contributed by atoms with Gasteiger partial charge in [0.15, 0.2) is 28.6 Å². The Morgan fingerprint density at radius 3 is 2.59 bits per heavy atom. The number of carbonyl (C=O) groups is 1. The normalized spacial score (nSPS) is 17.6. The summed E-state index contributed by atoms with van der Waals surface area (Å²) in [7, 11) is 1.80. The minimum atomic E-state index is -0.200. The summed E-state index contributed by atoms with van der Waals surface area (Å²) >= 11 is 1.42. The Bertz CT molecular complexity index is 1120. The molecule has 5 rings (SSSR count). The number of amides is 1. The summed E-state index contributed by atoms with van der Waals surface area (Å²) in [6.07, 6.45) is 2.25. The van der Waals surface area contributed by atoms with E-state index in [0.29, 0.717) is 13.2 Å². The lowest BCUT2D eigenvalue weighted by Crippen LogP contribution is -2.42. The van der Waals surface area contributed by atoms with Crippen LogP contribution in [0.4, 0.5) is 0 Å². The molecule has 178 valence electrons. The maximum Gasteiger partial charge on any atom is 0.232 e. The van der Waals surface area contributed by atoms with Gasteiger partial charge in [0.05, 0.1) is 18.8 Å². The van der Waals surface area contributed by atoms with Crippen molar-refractivity contribution in [3.63, 3.8) is 0 Å². The quantitative estimate of drug-likeness (QED) is 0.459. The number of ether oxygens (including phenoxy) is 2. The van der Waals surface area contributed by atoms with E-state index in [-0.39, 0.29) is 17.8 Å². The van der Waals surface area contributed by atoms with E-state index in [1.807, 2.05) is 54.6 Å². The van der Waals surface area contributed by atoms with E-state index in [2.05, 4.69) is 19.7 Å². The fourth-order valence-electron chi connectivity index (χ4n) is 4.27. The fraction of sp³-hybridized carbons (Fsp3) is 0.400. The molecule has 0 aliphatic carbocycles. The van der Waals surface area contributed by atoms with Gasteiger partial charge >= 0.3 is 0 Å². The summed E-state index contributed by atoms with van der Waals surface area (Å²) in [6, 6.07) is 17.7. The number of rotatable bonds is 8. The molecule has 1 atom stereocenters. The molecule has 34 heavy (non-hydrogen) atoms. The zero-order valence-electron chi connectivity index (χ0n) is 19.3. The average Bonchev–Trinajstić information content (AvgIpc) is 3.53. The van der Waals surface area contributed by atoms with Crippen molar-refractivity contribution in [2.45, 2.75) is 30.6 Å². The maximum atomic E-state index is 12.9. The molecule has 1 aromatic heterocycles. The molecule has 0 radical (unpaired) electrons. The summed E-state index contributed by atoms with van der Waals surface area (Å²) in [5.74, 6) is 2.65. The van der Waals surface area contributed by atoms with Gasteiger partial charge in [0, 0.05) is 12.7 Å². The number of thioether (sulfide) groups is 1. The number of benzene rings is 2. The fourth-order valence-corrected chi connectivity index (χ4v) is 5.18. The van der Waals surface area contributed by atoms with Gasteiger partial charge in [0.25, 0.3) is 0 Å². The number of aromatic nitrogens is 3. The molecule has 8 nitrogen and oxygen atoms in total. The third-order valence-corrected chi connectivity index (χ3v) is 6.99. The predicted molar refractivity (Wildman–Crippen MR) is 131 cm³/mol. The molecule has 0 saturated carbocycles. The van der Waals surface area contributed by atoms with Crippen LogP contribution in [0.3, 0.4) is 0 Å². The molecule has 1 amide bonds. The van der Waals surface area contributed by atoms with E-state index >= 15 is 0 Å². The Balaban J connectivity index is 1.22. The summed E-state index contributed by atoms with van der Waals surface area (Å²) < 4.78 is 13.9. The number of carbonyl (C=O) groups excluding carboxylic acids is 1. The second-order valence-corrected chi connectivity index (χ2v) is 9.56. The van der Waals surface area contributed by atoms with Crippen molar-refractivity contribution >= 4 is 17.7 Å². The highest BCUT2D eigenvalue weighted by atomic mass is 32.2. The maximum absolute atomic E-state index is 12.9. The van der Waals surface area contributed by atoms with Gasteiger partial charge in [-0.25, -0.2) is 0 Å². The minimum absolute atomic E-state index is 0.0103. The molecule has 0 bridgehead atoms. The van der Waals surface area contributed by atoms with Crippen LogP contribution in [0.5, 0.6) is 11.5 Å². The molecule has 1 saturated heterocycles. The van der Waals surface area contributed by atoms with Gasteiger partial charge < -0.3 is 14.4 Å². The van der Waals surface area contributed by atoms with E-state index in [1.165, 1.54) is 24.6 Å². The Hall–Kier alpha value is -3.04. The molecule has 2 aliphatic heterocycles. The molecule has 3 heterocycles. The molecular weight excluding hydrogens is 450 g/mol. The lowest BCUT2D eigenvalue weighted by molar-refractivity contribution is -0.128. The number of para-hydroxylation sites is 3. The van der Waals surface area contributed by atoms with Crippen molar-refractivity contribution < 1.29 is 14.3 Å². The van der Waals surface area contributed by atoms with Crippen LogP contribution in [0.1, 0.15) is 18.7 Å². The lowest BCUT2D eigenvalue weighted by Gasteiger charge is -2.29. The van der Waals surface area contributed by atoms with E-state index in [1.54, 1.807) is 11.9 Å². The van der Waals surface area contributed by atoms with Gasteiger partial charge in [0.2, 0.25) is 5.91 Å². The van der Waals surface area contributed by atoms with Crippen LogP contribution in [0, 0.1) is 0 Å². The second kappa shape index (κ2) is 10.5. The Morgan fingerprint density at radius 1 is 1.06 bits per heavy atom. The number of hydrogen-bond donors (Lipinski definition) is 0. The number of likely N-dealkylation sites (N-methyl/N-ethyl adjacent to an activating group) is 1. The first-order valence-electron chi connectivity index (χ1n) is 11.6. The number of likely N-dealkylation sites (tertiary alicyclic amines) is 1. The van der Waals surface area contributed by atoms with E-state index in [0.717, 1.165) is 47.8 Å². The molecule has 0 unspecified atom stereocenters. The van der Waals surface area contributed by atoms with Gasteiger partial charge in [-0.2, -0.15) is 0 Å². The summed E-state index contributed by atoms with van der Waals surface area (Å²) in [5.41, 5.74) is 1.01. The summed E-state index contributed by atoms with van der Waals surface area (Å²) in [4.78, 5) is 17.0. The molecule has 2 aliphatic rings. The van der Waals surface area contributed by atoms with Gasteiger partial charge in [-0.1, -0.05) is 42.1 Å². The Labute approximate surface area is 203 Å². The molecule has 2 aromatic carbocycles. The third-order valence-electron chi connectivity index (χ3n) is 6.07. The minimum Gasteiger partial charge on any atom is -0.486 e. The van der Waals surface area contributed by atoms with Crippen LogP contribution in [0.15, 0.2) is 59.8 Å². The second-order valence-electron chi connectivity index (χ2n) is 8.61. The summed E-state index contributed by atoms with van der Waals surface area (Å²) in [5, 5.41) is 9.65. The number of nitrogens with zero attached hydrogens (tertiary/aromatic N) is 5. The molecule has 3 aromatic rings. The number of hydrogen-bond acceptors (Lipinski definition) is 7. The first-order valence-corrected chi connectivity index (χ1v) is 12.6. The van der Waals surface area contributed by atoms with Crippen LogP contribution in [0.2, 0.25) is 0 Å². The molecular formula is C25H29N5O3S. The van der Waals surface area contributed by atoms with Gasteiger partial charge in [-0.15, -0.1) is 10.2 Å². The monoisotopic (exact) mass is 479 g/mol. The largest absolute Gasteiger partial charge is 0.486 e. The van der Waals surface area contributed by atoms with Crippen molar-refractivity contribution in [1.29, 1.82) is 0 Å². The van der Waals surface area contributed by atoms with Crippen molar-refractivity contribution in [2.24, 2.45) is 0 Å². The molecule has 0 N–H and O–H groups in total. The van der Waals surface area contributed by atoms with Crippen LogP contribution in [-0.4, -0.2) is 75.6 Å². The van der Waals surface area contributed by atoms with Crippen LogP contribution < -0.4 is 9.47 Å². The van der Waals surface area contributed by atoms with Gasteiger partial charge in [-0.05, 0) is 50.2 Å². The SMILES string of the molecule is CN(C[C@H]1COc2ccccc2O1)C(=O)CSc1nnc(CN2CCCC2)n1-c1ccccc1. The lowest BCUT2D eigenvalue weighted by atomic mass is 10.2. The van der Waals surface area contributed by atoms with E-state index in [4.69, 9.17) is 9.47 Å². The van der Waals surface area contributed by atoms with Crippen LogP contribution in [0.25, 0.3) is 5.69 Å². The van der Waals surface area contributed by atoms with Crippen molar-refractivity contribution in [3.05, 3.63) is 60.4 Å². The Morgan fingerprint density at radius 2 is 1.79 bits per heavy atom. The average molecular weight is 480 g/mol. The highest BCUT2D eigenvalue weighted by Crippen LogP contribution is 2.31. The van der Waals surface area contributed by atoms with E-state index in [9.17, 15) is 4.79 Å². The molecule has 0 spiro atoms. The summed E-state index contributed by atoms with van der Waals surface area (Å²) in [6.45, 7) is 3.82. The highest BCUT2D eigenvalue weighted by Gasteiger charge is 2.25. The van der Waals surface area contributed by atoms with Gasteiger partial charge in [0.1, 0.15) is 6.61 Å². The van der Waals surface area contributed by atoms with E-state index < -0.39 is 0 Å². The smallest absolute Gasteiger partial charge is 0.232 e. The van der Waals surface area contributed by atoms with Gasteiger partial charge in [-0.3, -0.25) is 14.3 Å². The van der Waals surface area contributed by atoms with Crippen molar-refractivity contribution in [1.82, 2.24) is 24.6 Å². The zero-order chi connectivity index (χ0) is 23.3. The zero-order valence-corrected chi connectivity index (χ0v) is 20.1. The predicted octanol–water partition coefficient (Wildman–Crippen LogP) is 3.25.